The third kappa shape index (κ3) is 4.72. The van der Waals surface area contributed by atoms with Gasteiger partial charge in [0.1, 0.15) is 5.82 Å². The Morgan fingerprint density at radius 2 is 1.95 bits per heavy atom. The van der Waals surface area contributed by atoms with Crippen molar-refractivity contribution in [1.82, 2.24) is 15.5 Å². The fourth-order valence-corrected chi connectivity index (χ4v) is 1.78. The van der Waals surface area contributed by atoms with Crippen LogP contribution in [0.2, 0.25) is 0 Å². The lowest BCUT2D eigenvalue weighted by atomic mass is 10.1. The van der Waals surface area contributed by atoms with Crippen molar-refractivity contribution in [3.05, 3.63) is 66.4 Å². The molecule has 0 saturated heterocycles. The summed E-state index contributed by atoms with van der Waals surface area (Å²) >= 11 is 0. The zero-order valence-corrected chi connectivity index (χ0v) is 11.7. The molecule has 21 heavy (non-hydrogen) atoms. The molecule has 0 atom stereocenters. The summed E-state index contributed by atoms with van der Waals surface area (Å²) in [5.41, 5.74) is 1.56. The SMILES string of the molecule is C=CCNC(=O)c1ccc(NCCc2ccccc2)nn1. The minimum absolute atomic E-state index is 0.252. The van der Waals surface area contributed by atoms with Crippen molar-refractivity contribution in [2.75, 3.05) is 18.4 Å². The number of benzene rings is 1. The van der Waals surface area contributed by atoms with E-state index >= 15 is 0 Å². The van der Waals surface area contributed by atoms with Crippen molar-refractivity contribution in [3.63, 3.8) is 0 Å². The molecule has 2 N–H and O–H groups in total. The number of anilines is 1. The maximum absolute atomic E-state index is 11.6. The van der Waals surface area contributed by atoms with E-state index in [0.717, 1.165) is 13.0 Å². The van der Waals surface area contributed by atoms with Crippen LogP contribution >= 0.6 is 0 Å². The van der Waals surface area contributed by atoms with Crippen LogP contribution in [0.25, 0.3) is 0 Å². The van der Waals surface area contributed by atoms with Crippen LogP contribution in [0.3, 0.4) is 0 Å². The largest absolute Gasteiger partial charge is 0.368 e. The molecule has 1 aromatic heterocycles. The molecule has 0 radical (unpaired) electrons. The second-order valence-electron chi connectivity index (χ2n) is 4.46. The fraction of sp³-hybridized carbons (Fsp3) is 0.188. The topological polar surface area (TPSA) is 66.9 Å². The molecule has 2 aromatic rings. The standard InChI is InChI=1S/C16H18N4O/c1-2-11-18-16(21)14-8-9-15(20-19-14)17-12-10-13-6-4-3-5-7-13/h2-9H,1,10-12H2,(H,17,20)(H,18,21). The number of hydrogen-bond acceptors (Lipinski definition) is 4. The van der Waals surface area contributed by atoms with Crippen molar-refractivity contribution in [1.29, 1.82) is 0 Å². The van der Waals surface area contributed by atoms with Crippen molar-refractivity contribution in [2.24, 2.45) is 0 Å². The smallest absolute Gasteiger partial charge is 0.272 e. The Hall–Kier alpha value is -2.69. The highest BCUT2D eigenvalue weighted by Gasteiger charge is 2.06. The highest BCUT2D eigenvalue weighted by molar-refractivity contribution is 5.92. The molecule has 1 heterocycles. The lowest BCUT2D eigenvalue weighted by Crippen LogP contribution is -2.24. The van der Waals surface area contributed by atoms with Crippen LogP contribution in [0.4, 0.5) is 5.82 Å². The summed E-state index contributed by atoms with van der Waals surface area (Å²) in [6, 6.07) is 13.6. The molecule has 1 aromatic carbocycles. The third-order valence-electron chi connectivity index (χ3n) is 2.87. The van der Waals surface area contributed by atoms with Gasteiger partial charge in [-0.1, -0.05) is 36.4 Å². The Labute approximate surface area is 124 Å². The van der Waals surface area contributed by atoms with E-state index in [1.807, 2.05) is 18.2 Å². The molecule has 108 valence electrons. The van der Waals surface area contributed by atoms with Gasteiger partial charge < -0.3 is 10.6 Å². The molecule has 5 heteroatoms. The fourth-order valence-electron chi connectivity index (χ4n) is 1.78. The third-order valence-corrected chi connectivity index (χ3v) is 2.87. The first kappa shape index (κ1) is 14.7. The minimum Gasteiger partial charge on any atom is -0.368 e. The summed E-state index contributed by atoms with van der Waals surface area (Å²) in [6.07, 6.45) is 2.52. The van der Waals surface area contributed by atoms with Crippen LogP contribution in [0.1, 0.15) is 16.1 Å². The highest BCUT2D eigenvalue weighted by atomic mass is 16.1. The highest BCUT2D eigenvalue weighted by Crippen LogP contribution is 2.04. The monoisotopic (exact) mass is 282 g/mol. The van der Waals surface area contributed by atoms with Gasteiger partial charge in [-0.05, 0) is 24.1 Å². The molecule has 1 amide bonds. The van der Waals surface area contributed by atoms with E-state index in [9.17, 15) is 4.79 Å². The van der Waals surface area contributed by atoms with Crippen LogP contribution in [0.15, 0.2) is 55.1 Å². The zero-order valence-electron chi connectivity index (χ0n) is 11.7. The van der Waals surface area contributed by atoms with Gasteiger partial charge in [0.15, 0.2) is 5.69 Å². The number of aromatic nitrogens is 2. The van der Waals surface area contributed by atoms with E-state index in [1.54, 1.807) is 18.2 Å². The van der Waals surface area contributed by atoms with Crippen molar-refractivity contribution >= 4 is 11.7 Å². The summed E-state index contributed by atoms with van der Waals surface area (Å²) in [5.74, 6) is 0.407. The number of nitrogens with zero attached hydrogens (tertiary/aromatic N) is 2. The average molecular weight is 282 g/mol. The predicted molar refractivity (Wildman–Crippen MR) is 83.2 cm³/mol. The van der Waals surface area contributed by atoms with Gasteiger partial charge in [0, 0.05) is 13.1 Å². The Kier molecular flexibility index (Phi) is 5.46. The number of rotatable bonds is 7. The molecule has 0 spiro atoms. The lowest BCUT2D eigenvalue weighted by Gasteiger charge is -2.06. The normalized spacial score (nSPS) is 9.90. The number of carbonyl (C=O) groups is 1. The summed E-state index contributed by atoms with van der Waals surface area (Å²) in [5, 5.41) is 13.7. The summed E-state index contributed by atoms with van der Waals surface area (Å²) in [7, 11) is 0. The van der Waals surface area contributed by atoms with E-state index in [4.69, 9.17) is 0 Å². The van der Waals surface area contributed by atoms with Crippen molar-refractivity contribution in [3.8, 4) is 0 Å². The van der Waals surface area contributed by atoms with Crippen LogP contribution in [0.5, 0.6) is 0 Å². The molecule has 2 rings (SSSR count). The zero-order chi connectivity index (χ0) is 14.9. The molecule has 0 fully saturated rings. The van der Waals surface area contributed by atoms with E-state index in [2.05, 4.69) is 39.5 Å². The quantitative estimate of drug-likeness (QED) is 0.763. The maximum Gasteiger partial charge on any atom is 0.272 e. The van der Waals surface area contributed by atoms with Gasteiger partial charge in [-0.15, -0.1) is 16.8 Å². The van der Waals surface area contributed by atoms with E-state index in [0.29, 0.717) is 18.1 Å². The summed E-state index contributed by atoms with van der Waals surface area (Å²) in [6.45, 7) is 4.72. The first-order chi connectivity index (χ1) is 10.3. The van der Waals surface area contributed by atoms with Crippen LogP contribution < -0.4 is 10.6 Å². The van der Waals surface area contributed by atoms with Gasteiger partial charge in [-0.2, -0.15) is 0 Å². The number of nitrogens with one attached hydrogen (secondary N) is 2. The van der Waals surface area contributed by atoms with Crippen molar-refractivity contribution < 1.29 is 4.79 Å². The summed E-state index contributed by atoms with van der Waals surface area (Å²) < 4.78 is 0. The van der Waals surface area contributed by atoms with Crippen molar-refractivity contribution in [2.45, 2.75) is 6.42 Å². The first-order valence-corrected chi connectivity index (χ1v) is 6.80. The van der Waals surface area contributed by atoms with Crippen LogP contribution in [-0.4, -0.2) is 29.2 Å². The van der Waals surface area contributed by atoms with Gasteiger partial charge in [0.2, 0.25) is 0 Å². The van der Waals surface area contributed by atoms with Gasteiger partial charge in [-0.25, -0.2) is 0 Å². The molecule has 0 aliphatic carbocycles. The molecule has 0 saturated carbocycles. The minimum atomic E-state index is -0.252. The second-order valence-corrected chi connectivity index (χ2v) is 4.46. The molecular formula is C16H18N4O. The molecular weight excluding hydrogens is 264 g/mol. The maximum atomic E-state index is 11.6. The van der Waals surface area contributed by atoms with E-state index in [-0.39, 0.29) is 5.91 Å². The molecule has 0 bridgehead atoms. The Morgan fingerprint density at radius 3 is 2.62 bits per heavy atom. The number of hydrogen-bond donors (Lipinski definition) is 2. The second kappa shape index (κ2) is 7.79. The number of amides is 1. The molecule has 0 aliphatic heterocycles. The van der Waals surface area contributed by atoms with Gasteiger partial charge in [0.25, 0.3) is 5.91 Å². The summed E-state index contributed by atoms with van der Waals surface area (Å²) in [4.78, 5) is 11.6. The average Bonchev–Trinajstić information content (AvgIpc) is 2.54. The Bertz CT molecular complexity index is 581. The van der Waals surface area contributed by atoms with E-state index in [1.165, 1.54) is 5.56 Å². The Balaban J connectivity index is 1.82. The molecule has 0 unspecified atom stereocenters. The van der Waals surface area contributed by atoms with Gasteiger partial charge in [0.05, 0.1) is 0 Å². The van der Waals surface area contributed by atoms with E-state index < -0.39 is 0 Å². The van der Waals surface area contributed by atoms with Gasteiger partial charge in [-0.3, -0.25) is 4.79 Å². The molecule has 0 aliphatic rings. The Morgan fingerprint density at radius 1 is 1.14 bits per heavy atom. The van der Waals surface area contributed by atoms with Gasteiger partial charge >= 0.3 is 0 Å². The predicted octanol–water partition coefficient (Wildman–Crippen LogP) is 2.05. The van der Waals surface area contributed by atoms with Crippen LogP contribution in [0, 0.1) is 0 Å². The lowest BCUT2D eigenvalue weighted by molar-refractivity contribution is 0.0952. The van der Waals surface area contributed by atoms with Crippen LogP contribution in [-0.2, 0) is 6.42 Å². The number of carbonyl (C=O) groups excluding carboxylic acids is 1. The first-order valence-electron chi connectivity index (χ1n) is 6.80. The molecule has 5 nitrogen and oxygen atoms in total.